The van der Waals surface area contributed by atoms with Gasteiger partial charge in [0.25, 0.3) is 0 Å². The first kappa shape index (κ1) is 12.2. The van der Waals surface area contributed by atoms with Crippen molar-refractivity contribution < 1.29 is 9.59 Å². The van der Waals surface area contributed by atoms with Gasteiger partial charge >= 0.3 is 0 Å². The highest BCUT2D eigenvalue weighted by Crippen LogP contribution is 2.35. The van der Waals surface area contributed by atoms with E-state index in [9.17, 15) is 9.59 Å². The van der Waals surface area contributed by atoms with Crippen molar-refractivity contribution in [2.75, 3.05) is 0 Å². The van der Waals surface area contributed by atoms with Crippen LogP contribution in [0.1, 0.15) is 25.3 Å². The lowest BCUT2D eigenvalue weighted by Crippen LogP contribution is -2.62. The molecular formula is C15H18N2O2. The molecular weight excluding hydrogens is 240 g/mol. The van der Waals surface area contributed by atoms with E-state index in [1.165, 1.54) is 0 Å². The molecule has 1 aliphatic carbocycles. The van der Waals surface area contributed by atoms with E-state index in [2.05, 4.69) is 5.32 Å². The Kier molecular flexibility index (Phi) is 3.01. The summed E-state index contributed by atoms with van der Waals surface area (Å²) in [7, 11) is 0. The minimum absolute atomic E-state index is 0.0348. The molecule has 100 valence electrons. The van der Waals surface area contributed by atoms with Crippen molar-refractivity contribution in [3.8, 4) is 0 Å². The highest BCUT2D eigenvalue weighted by molar-refractivity contribution is 5.97. The number of hydrogen-bond acceptors (Lipinski definition) is 2. The van der Waals surface area contributed by atoms with Gasteiger partial charge in [-0.25, -0.2) is 0 Å². The predicted octanol–water partition coefficient (Wildman–Crippen LogP) is 1.31. The minimum atomic E-state index is -0.386. The zero-order chi connectivity index (χ0) is 13.4. The summed E-state index contributed by atoms with van der Waals surface area (Å²) in [4.78, 5) is 26.2. The van der Waals surface area contributed by atoms with Crippen molar-refractivity contribution in [3.05, 3.63) is 35.9 Å². The zero-order valence-corrected chi connectivity index (χ0v) is 11.0. The van der Waals surface area contributed by atoms with E-state index >= 15 is 0 Å². The van der Waals surface area contributed by atoms with Crippen LogP contribution in [0.15, 0.2) is 30.3 Å². The molecule has 0 spiro atoms. The summed E-state index contributed by atoms with van der Waals surface area (Å²) < 4.78 is 0. The van der Waals surface area contributed by atoms with E-state index in [4.69, 9.17) is 0 Å². The summed E-state index contributed by atoms with van der Waals surface area (Å²) in [6.45, 7) is 2.30. The Morgan fingerprint density at radius 3 is 2.53 bits per heavy atom. The molecule has 0 radical (unpaired) electrons. The highest BCUT2D eigenvalue weighted by Gasteiger charge is 2.45. The van der Waals surface area contributed by atoms with Gasteiger partial charge in [0.05, 0.1) is 0 Å². The summed E-state index contributed by atoms with van der Waals surface area (Å²) in [6.07, 6.45) is 2.09. The normalized spacial score (nSPS) is 27.3. The number of piperazine rings is 1. The molecule has 19 heavy (non-hydrogen) atoms. The quantitative estimate of drug-likeness (QED) is 0.888. The first-order valence-corrected chi connectivity index (χ1v) is 6.81. The van der Waals surface area contributed by atoms with Gasteiger partial charge in [0.1, 0.15) is 12.1 Å². The lowest BCUT2D eigenvalue weighted by atomic mass is 10.0. The second-order valence-electron chi connectivity index (χ2n) is 5.45. The first-order chi connectivity index (χ1) is 9.16. The summed E-state index contributed by atoms with van der Waals surface area (Å²) >= 11 is 0. The van der Waals surface area contributed by atoms with Gasteiger partial charge in [0, 0.05) is 6.54 Å². The number of rotatable bonds is 3. The molecule has 1 saturated carbocycles. The molecule has 1 saturated heterocycles. The fraction of sp³-hybridized carbons (Fsp3) is 0.467. The van der Waals surface area contributed by atoms with Gasteiger partial charge in [-0.2, -0.15) is 0 Å². The lowest BCUT2D eigenvalue weighted by molar-refractivity contribution is -0.149. The number of nitrogens with one attached hydrogen (secondary N) is 1. The fourth-order valence-corrected chi connectivity index (χ4v) is 2.59. The topological polar surface area (TPSA) is 49.4 Å². The maximum absolute atomic E-state index is 12.5. The SMILES string of the molecule is CC1C(=O)NC(C2CC2)C(=O)N1Cc1ccccc1. The van der Waals surface area contributed by atoms with Crippen molar-refractivity contribution in [1.29, 1.82) is 0 Å². The minimum Gasteiger partial charge on any atom is -0.342 e. The van der Waals surface area contributed by atoms with Crippen LogP contribution in [-0.2, 0) is 16.1 Å². The van der Waals surface area contributed by atoms with Crippen LogP contribution in [-0.4, -0.2) is 28.8 Å². The van der Waals surface area contributed by atoms with Gasteiger partial charge in [-0.3, -0.25) is 9.59 Å². The molecule has 1 heterocycles. The fourth-order valence-electron chi connectivity index (χ4n) is 2.59. The van der Waals surface area contributed by atoms with Gasteiger partial charge in [-0.1, -0.05) is 30.3 Å². The molecule has 0 bridgehead atoms. The summed E-state index contributed by atoms with van der Waals surface area (Å²) in [5.41, 5.74) is 1.06. The van der Waals surface area contributed by atoms with Crippen LogP contribution in [0.4, 0.5) is 0 Å². The summed E-state index contributed by atoms with van der Waals surface area (Å²) in [6, 6.07) is 9.14. The van der Waals surface area contributed by atoms with Crippen LogP contribution in [0.2, 0.25) is 0 Å². The van der Waals surface area contributed by atoms with Crippen molar-refractivity contribution in [3.63, 3.8) is 0 Å². The van der Waals surface area contributed by atoms with Gasteiger partial charge < -0.3 is 10.2 Å². The van der Waals surface area contributed by atoms with Gasteiger partial charge in [0.2, 0.25) is 11.8 Å². The maximum Gasteiger partial charge on any atom is 0.246 e. The van der Waals surface area contributed by atoms with E-state index in [1.807, 2.05) is 30.3 Å². The van der Waals surface area contributed by atoms with Crippen LogP contribution in [0.25, 0.3) is 0 Å². The molecule has 1 aromatic carbocycles. The van der Waals surface area contributed by atoms with E-state index in [0.29, 0.717) is 12.5 Å². The summed E-state index contributed by atoms with van der Waals surface area (Å²) in [5.74, 6) is 0.383. The third-order valence-corrected chi connectivity index (χ3v) is 3.98. The van der Waals surface area contributed by atoms with Gasteiger partial charge in [-0.15, -0.1) is 0 Å². The molecule has 2 amide bonds. The zero-order valence-electron chi connectivity index (χ0n) is 11.0. The van der Waals surface area contributed by atoms with Crippen molar-refractivity contribution >= 4 is 11.8 Å². The molecule has 2 unspecified atom stereocenters. The van der Waals surface area contributed by atoms with Crippen LogP contribution < -0.4 is 5.32 Å². The third-order valence-electron chi connectivity index (χ3n) is 3.98. The van der Waals surface area contributed by atoms with E-state index in [0.717, 1.165) is 18.4 Å². The monoisotopic (exact) mass is 258 g/mol. The Morgan fingerprint density at radius 2 is 1.89 bits per heavy atom. The Balaban J connectivity index is 1.80. The second kappa shape index (κ2) is 4.68. The Hall–Kier alpha value is -1.84. The molecule has 3 rings (SSSR count). The van der Waals surface area contributed by atoms with E-state index in [1.54, 1.807) is 11.8 Å². The molecule has 0 aromatic heterocycles. The molecule has 1 aliphatic heterocycles. The Morgan fingerprint density at radius 1 is 1.21 bits per heavy atom. The van der Waals surface area contributed by atoms with Gasteiger partial charge in [-0.05, 0) is 31.2 Å². The lowest BCUT2D eigenvalue weighted by Gasteiger charge is -2.37. The molecule has 4 heteroatoms. The molecule has 1 N–H and O–H groups in total. The molecule has 1 aromatic rings. The van der Waals surface area contributed by atoms with Crippen LogP contribution >= 0.6 is 0 Å². The molecule has 4 nitrogen and oxygen atoms in total. The van der Waals surface area contributed by atoms with Crippen LogP contribution in [0, 0.1) is 5.92 Å². The van der Waals surface area contributed by atoms with E-state index in [-0.39, 0.29) is 23.9 Å². The first-order valence-electron chi connectivity index (χ1n) is 6.81. The largest absolute Gasteiger partial charge is 0.342 e. The standard InChI is InChI=1S/C15H18N2O2/c1-10-14(18)16-13(12-7-8-12)15(19)17(10)9-11-5-3-2-4-6-11/h2-6,10,12-13H,7-9H2,1H3,(H,16,18). The number of carbonyl (C=O) groups excluding carboxylic acids is 2. The molecule has 2 atom stereocenters. The maximum atomic E-state index is 12.5. The number of benzene rings is 1. The average Bonchev–Trinajstić information content (AvgIpc) is 3.24. The molecule has 2 fully saturated rings. The highest BCUT2D eigenvalue weighted by atomic mass is 16.2. The van der Waals surface area contributed by atoms with Crippen LogP contribution in [0.3, 0.4) is 0 Å². The Labute approximate surface area is 112 Å². The smallest absolute Gasteiger partial charge is 0.246 e. The molecule has 2 aliphatic rings. The van der Waals surface area contributed by atoms with Gasteiger partial charge in [0.15, 0.2) is 0 Å². The van der Waals surface area contributed by atoms with Crippen molar-refractivity contribution in [1.82, 2.24) is 10.2 Å². The summed E-state index contributed by atoms with van der Waals surface area (Å²) in [5, 5.41) is 2.86. The van der Waals surface area contributed by atoms with Crippen LogP contribution in [0.5, 0.6) is 0 Å². The number of carbonyl (C=O) groups is 2. The number of nitrogens with zero attached hydrogens (tertiary/aromatic N) is 1. The predicted molar refractivity (Wildman–Crippen MR) is 71.1 cm³/mol. The second-order valence-corrected chi connectivity index (χ2v) is 5.45. The third kappa shape index (κ3) is 2.35. The van der Waals surface area contributed by atoms with E-state index < -0.39 is 0 Å². The average molecular weight is 258 g/mol. The number of hydrogen-bond donors (Lipinski definition) is 1. The van der Waals surface area contributed by atoms with Crippen molar-refractivity contribution in [2.45, 2.75) is 38.4 Å². The number of amides is 2. The Bertz CT molecular complexity index is 496. The van der Waals surface area contributed by atoms with Crippen molar-refractivity contribution in [2.24, 2.45) is 5.92 Å².